The molecule has 0 saturated heterocycles. The number of aromatic nitrogens is 1. The van der Waals surface area contributed by atoms with Gasteiger partial charge in [0.2, 0.25) is 0 Å². The summed E-state index contributed by atoms with van der Waals surface area (Å²) in [4.78, 5) is 3.99. The summed E-state index contributed by atoms with van der Waals surface area (Å²) in [7, 11) is 0. The Labute approximate surface area is 125 Å². The predicted octanol–water partition coefficient (Wildman–Crippen LogP) is 2.79. The number of hydrogen-bond acceptors (Lipinski definition) is 4. The molecule has 4 nitrogen and oxygen atoms in total. The Balaban J connectivity index is 1.36. The first-order valence-electron chi connectivity index (χ1n) is 7.38. The van der Waals surface area contributed by atoms with Crippen molar-refractivity contribution in [3.63, 3.8) is 0 Å². The largest absolute Gasteiger partial charge is 0.490 e. The molecule has 2 aromatic rings. The molecule has 1 aliphatic rings. The van der Waals surface area contributed by atoms with Gasteiger partial charge in [-0.05, 0) is 42.7 Å². The van der Waals surface area contributed by atoms with Crippen molar-refractivity contribution in [1.82, 2.24) is 10.3 Å². The Bertz CT molecular complexity index is 538. The number of ether oxygens (including phenoxy) is 2. The molecule has 0 aliphatic heterocycles. The molecule has 1 aromatic heterocycles. The van der Waals surface area contributed by atoms with Crippen LogP contribution < -0.4 is 14.8 Å². The van der Waals surface area contributed by atoms with Crippen LogP contribution in [-0.2, 0) is 6.54 Å². The zero-order valence-electron chi connectivity index (χ0n) is 12.0. The van der Waals surface area contributed by atoms with Gasteiger partial charge in [-0.25, -0.2) is 0 Å². The van der Waals surface area contributed by atoms with Gasteiger partial charge >= 0.3 is 0 Å². The number of benzene rings is 1. The van der Waals surface area contributed by atoms with Crippen molar-refractivity contribution in [2.75, 3.05) is 13.2 Å². The second-order valence-electron chi connectivity index (χ2n) is 5.18. The van der Waals surface area contributed by atoms with Crippen molar-refractivity contribution < 1.29 is 9.47 Å². The zero-order chi connectivity index (χ0) is 14.3. The highest BCUT2D eigenvalue weighted by Gasteiger charge is 2.19. The molecular formula is C17H20N2O2. The van der Waals surface area contributed by atoms with Crippen molar-refractivity contribution in [2.45, 2.75) is 25.4 Å². The molecule has 0 amide bonds. The van der Waals surface area contributed by atoms with Crippen LogP contribution in [0.3, 0.4) is 0 Å². The second-order valence-corrected chi connectivity index (χ2v) is 5.18. The first-order chi connectivity index (χ1) is 10.4. The lowest BCUT2D eigenvalue weighted by atomic mass is 10.2. The summed E-state index contributed by atoms with van der Waals surface area (Å²) in [6.07, 6.45) is 6.06. The van der Waals surface area contributed by atoms with Crippen LogP contribution in [0.15, 0.2) is 48.8 Å². The fourth-order valence-electron chi connectivity index (χ4n) is 2.00. The third-order valence-electron chi connectivity index (χ3n) is 3.35. The Morgan fingerprint density at radius 1 is 1.00 bits per heavy atom. The summed E-state index contributed by atoms with van der Waals surface area (Å²) in [5, 5.41) is 3.50. The van der Waals surface area contributed by atoms with Crippen LogP contribution in [0.1, 0.15) is 18.4 Å². The van der Waals surface area contributed by atoms with E-state index in [4.69, 9.17) is 9.47 Å². The molecule has 1 fully saturated rings. The maximum absolute atomic E-state index is 5.65. The summed E-state index contributed by atoms with van der Waals surface area (Å²) in [6.45, 7) is 1.97. The molecule has 1 heterocycles. The average molecular weight is 284 g/mol. The van der Waals surface area contributed by atoms with Gasteiger partial charge in [0.15, 0.2) is 0 Å². The van der Waals surface area contributed by atoms with Gasteiger partial charge in [0.25, 0.3) is 0 Å². The second kappa shape index (κ2) is 7.09. The van der Waals surface area contributed by atoms with Crippen LogP contribution in [0, 0.1) is 0 Å². The van der Waals surface area contributed by atoms with Gasteiger partial charge in [-0.15, -0.1) is 0 Å². The van der Waals surface area contributed by atoms with Gasteiger partial charge in [-0.1, -0.05) is 12.1 Å². The molecule has 0 radical (unpaired) electrons. The SMILES string of the molecule is c1cncc(OCCOc2ccc(CNC3CC3)cc2)c1. The Kier molecular flexibility index (Phi) is 4.69. The Morgan fingerprint density at radius 2 is 1.76 bits per heavy atom. The van der Waals surface area contributed by atoms with Crippen LogP contribution in [0.5, 0.6) is 11.5 Å². The van der Waals surface area contributed by atoms with Crippen LogP contribution in [0.2, 0.25) is 0 Å². The van der Waals surface area contributed by atoms with Gasteiger partial charge in [-0.3, -0.25) is 4.98 Å². The van der Waals surface area contributed by atoms with E-state index < -0.39 is 0 Å². The number of rotatable bonds is 8. The van der Waals surface area contributed by atoms with Crippen molar-refractivity contribution in [2.24, 2.45) is 0 Å². The quantitative estimate of drug-likeness (QED) is 0.757. The first-order valence-corrected chi connectivity index (χ1v) is 7.38. The normalized spacial score (nSPS) is 13.9. The topological polar surface area (TPSA) is 43.4 Å². The number of nitrogens with zero attached hydrogens (tertiary/aromatic N) is 1. The molecule has 1 aromatic carbocycles. The molecule has 0 atom stereocenters. The van der Waals surface area contributed by atoms with E-state index in [1.165, 1.54) is 18.4 Å². The molecule has 1 saturated carbocycles. The van der Waals surface area contributed by atoms with Gasteiger partial charge in [-0.2, -0.15) is 0 Å². The maximum atomic E-state index is 5.65. The monoisotopic (exact) mass is 284 g/mol. The molecule has 110 valence electrons. The van der Waals surface area contributed by atoms with E-state index in [0.29, 0.717) is 13.2 Å². The summed E-state index contributed by atoms with van der Waals surface area (Å²) < 4.78 is 11.2. The highest BCUT2D eigenvalue weighted by atomic mass is 16.5. The first kappa shape index (κ1) is 13.9. The van der Waals surface area contributed by atoms with E-state index in [9.17, 15) is 0 Å². The van der Waals surface area contributed by atoms with Crippen molar-refractivity contribution in [1.29, 1.82) is 0 Å². The Morgan fingerprint density at radius 3 is 2.43 bits per heavy atom. The fraction of sp³-hybridized carbons (Fsp3) is 0.353. The smallest absolute Gasteiger partial charge is 0.137 e. The minimum Gasteiger partial charge on any atom is -0.490 e. The summed E-state index contributed by atoms with van der Waals surface area (Å²) in [5.74, 6) is 1.64. The van der Waals surface area contributed by atoms with Crippen LogP contribution in [-0.4, -0.2) is 24.2 Å². The van der Waals surface area contributed by atoms with Crippen molar-refractivity contribution >= 4 is 0 Å². The maximum Gasteiger partial charge on any atom is 0.137 e. The highest BCUT2D eigenvalue weighted by Crippen LogP contribution is 2.20. The fourth-order valence-corrected chi connectivity index (χ4v) is 2.00. The average Bonchev–Trinajstić information content (AvgIpc) is 3.36. The molecule has 1 aliphatic carbocycles. The molecule has 21 heavy (non-hydrogen) atoms. The van der Waals surface area contributed by atoms with E-state index in [1.807, 2.05) is 24.3 Å². The number of nitrogens with one attached hydrogen (secondary N) is 1. The van der Waals surface area contributed by atoms with Gasteiger partial charge < -0.3 is 14.8 Å². The lowest BCUT2D eigenvalue weighted by Gasteiger charge is -2.09. The standard InChI is InChI=1S/C17H20N2O2/c1-2-17(13-18-9-1)21-11-10-20-16-7-3-14(4-8-16)12-19-15-5-6-15/h1-4,7-9,13,15,19H,5-6,10-12H2. The lowest BCUT2D eigenvalue weighted by molar-refractivity contribution is 0.216. The van der Waals surface area contributed by atoms with E-state index in [2.05, 4.69) is 22.4 Å². The van der Waals surface area contributed by atoms with Gasteiger partial charge in [0, 0.05) is 18.8 Å². The minimum atomic E-state index is 0.511. The zero-order valence-corrected chi connectivity index (χ0v) is 12.0. The summed E-state index contributed by atoms with van der Waals surface area (Å²) in [6, 6.07) is 12.7. The Hall–Kier alpha value is -2.07. The van der Waals surface area contributed by atoms with E-state index in [1.54, 1.807) is 12.4 Å². The third kappa shape index (κ3) is 4.76. The van der Waals surface area contributed by atoms with E-state index in [0.717, 1.165) is 24.1 Å². The van der Waals surface area contributed by atoms with E-state index in [-0.39, 0.29) is 0 Å². The van der Waals surface area contributed by atoms with Crippen molar-refractivity contribution in [3.05, 3.63) is 54.4 Å². The van der Waals surface area contributed by atoms with Crippen LogP contribution >= 0.6 is 0 Å². The summed E-state index contributed by atoms with van der Waals surface area (Å²) in [5.41, 5.74) is 1.29. The number of hydrogen-bond donors (Lipinski definition) is 1. The molecular weight excluding hydrogens is 264 g/mol. The van der Waals surface area contributed by atoms with E-state index >= 15 is 0 Å². The molecule has 0 spiro atoms. The van der Waals surface area contributed by atoms with Crippen LogP contribution in [0.4, 0.5) is 0 Å². The number of pyridine rings is 1. The highest BCUT2D eigenvalue weighted by molar-refractivity contribution is 5.27. The molecule has 4 heteroatoms. The minimum absolute atomic E-state index is 0.511. The lowest BCUT2D eigenvalue weighted by Crippen LogP contribution is -2.15. The molecule has 3 rings (SSSR count). The summed E-state index contributed by atoms with van der Waals surface area (Å²) >= 11 is 0. The predicted molar refractivity (Wildman–Crippen MR) is 81.5 cm³/mol. The molecule has 1 N–H and O–H groups in total. The molecule has 0 bridgehead atoms. The van der Waals surface area contributed by atoms with Gasteiger partial charge in [0.1, 0.15) is 24.7 Å². The van der Waals surface area contributed by atoms with Crippen LogP contribution in [0.25, 0.3) is 0 Å². The third-order valence-corrected chi connectivity index (χ3v) is 3.35. The van der Waals surface area contributed by atoms with Crippen molar-refractivity contribution in [3.8, 4) is 11.5 Å². The molecule has 0 unspecified atom stereocenters. The van der Waals surface area contributed by atoms with Gasteiger partial charge in [0.05, 0.1) is 6.20 Å².